The predicted octanol–water partition coefficient (Wildman–Crippen LogP) is 11.6. The van der Waals surface area contributed by atoms with Gasteiger partial charge in [0.25, 0.3) is 0 Å². The minimum absolute atomic E-state index is 0.137. The van der Waals surface area contributed by atoms with E-state index in [1.54, 1.807) is 6.07 Å². The number of unbranched alkanes of at least 4 members (excludes halogenated alkanes) is 1. The highest BCUT2D eigenvalue weighted by molar-refractivity contribution is 6.04. The van der Waals surface area contributed by atoms with Gasteiger partial charge in [0.1, 0.15) is 5.75 Å². The summed E-state index contributed by atoms with van der Waals surface area (Å²) in [5, 5.41) is 13.3. The van der Waals surface area contributed by atoms with Gasteiger partial charge in [0.15, 0.2) is 5.82 Å². The first-order valence-corrected chi connectivity index (χ1v) is 18.2. The lowest BCUT2D eigenvalue weighted by molar-refractivity contribution is 0.226. The monoisotopic (exact) mass is 666 g/mol. The summed E-state index contributed by atoms with van der Waals surface area (Å²) < 4.78 is 6.46. The molecular formula is C47H42N2O2. The highest BCUT2D eigenvalue weighted by atomic mass is 16.5. The molecule has 252 valence electrons. The molecule has 1 aliphatic carbocycles. The third-order valence-corrected chi connectivity index (χ3v) is 10.6. The second-order valence-electron chi connectivity index (χ2n) is 13.6. The molecule has 0 bridgehead atoms. The van der Waals surface area contributed by atoms with Gasteiger partial charge in [0.2, 0.25) is 5.88 Å². The Bertz CT molecular complexity index is 2280. The average Bonchev–Trinajstić information content (AvgIpc) is 3.49. The Labute approximate surface area is 300 Å². The molecule has 1 atom stereocenters. The van der Waals surface area contributed by atoms with Crippen molar-refractivity contribution in [3.8, 4) is 45.4 Å². The number of aromatic nitrogens is 2. The van der Waals surface area contributed by atoms with Crippen molar-refractivity contribution in [3.63, 3.8) is 0 Å². The Morgan fingerprint density at radius 3 is 2.10 bits per heavy atom. The van der Waals surface area contributed by atoms with Crippen LogP contribution < -0.4 is 4.74 Å². The van der Waals surface area contributed by atoms with Crippen LogP contribution in [0.25, 0.3) is 44.5 Å². The molecule has 51 heavy (non-hydrogen) atoms. The number of ether oxygens (including phenoxy) is 1. The molecule has 0 saturated heterocycles. The van der Waals surface area contributed by atoms with E-state index in [9.17, 15) is 5.11 Å². The van der Waals surface area contributed by atoms with Gasteiger partial charge < -0.3 is 9.84 Å². The highest BCUT2D eigenvalue weighted by Crippen LogP contribution is 2.58. The molecule has 0 radical (unpaired) electrons. The Morgan fingerprint density at radius 2 is 1.37 bits per heavy atom. The first-order valence-electron chi connectivity index (χ1n) is 18.2. The number of rotatable bonds is 11. The Hall–Kier alpha value is -5.74. The second kappa shape index (κ2) is 13.9. The van der Waals surface area contributed by atoms with Gasteiger partial charge in [0.05, 0.1) is 23.3 Å². The normalized spacial score (nSPS) is 13.5. The number of hydrogen-bond acceptors (Lipinski definition) is 4. The molecule has 6 aromatic carbocycles. The molecule has 1 aromatic heterocycles. The lowest BCUT2D eigenvalue weighted by Crippen LogP contribution is -2.28. The maximum Gasteiger partial charge on any atom is 0.217 e. The van der Waals surface area contributed by atoms with Crippen LogP contribution >= 0.6 is 0 Å². The van der Waals surface area contributed by atoms with Crippen molar-refractivity contribution >= 4 is 10.8 Å². The summed E-state index contributed by atoms with van der Waals surface area (Å²) >= 11 is 0. The molecular weight excluding hydrogens is 625 g/mol. The number of benzene rings is 6. The predicted molar refractivity (Wildman–Crippen MR) is 208 cm³/mol. The number of phenolic OH excluding ortho intramolecular Hbond substituents is 1. The standard InChI is InChI=1S/C47H42N2O2/c1-3-5-16-32(4-2)31-51-44-30-42(48-46(49-44)39-23-14-15-24-43(39)50)34-25-27-38-41(29-34)47(35-18-8-6-9-19-35,36-20-10-7-11-21-36)40-28-26-33-17-12-13-22-37(33)45(38)40/h6-15,17-30,32,50H,3-5,16,31H2,1-2H3. The van der Waals surface area contributed by atoms with E-state index in [1.165, 1.54) is 50.6 Å². The summed E-state index contributed by atoms with van der Waals surface area (Å²) in [5.74, 6) is 1.54. The van der Waals surface area contributed by atoms with Gasteiger partial charge in [0, 0.05) is 11.6 Å². The first kappa shape index (κ1) is 32.5. The van der Waals surface area contributed by atoms with Crippen LogP contribution in [0.15, 0.2) is 146 Å². The fourth-order valence-corrected chi connectivity index (χ4v) is 7.95. The van der Waals surface area contributed by atoms with Gasteiger partial charge in [-0.2, -0.15) is 4.98 Å². The summed E-state index contributed by atoms with van der Waals surface area (Å²) in [5.41, 5.74) is 9.10. The maximum absolute atomic E-state index is 10.9. The number of hydrogen-bond donors (Lipinski definition) is 1. The second-order valence-corrected chi connectivity index (χ2v) is 13.6. The zero-order chi connectivity index (χ0) is 34.8. The summed E-state index contributed by atoms with van der Waals surface area (Å²) in [7, 11) is 0. The number of aromatic hydroxyl groups is 1. The van der Waals surface area contributed by atoms with E-state index >= 15 is 0 Å². The van der Waals surface area contributed by atoms with Crippen LogP contribution in [0.4, 0.5) is 0 Å². The topological polar surface area (TPSA) is 55.2 Å². The van der Waals surface area contributed by atoms with Gasteiger partial charge >= 0.3 is 0 Å². The molecule has 0 amide bonds. The van der Waals surface area contributed by atoms with Crippen LogP contribution in [0.5, 0.6) is 11.6 Å². The van der Waals surface area contributed by atoms with Crippen molar-refractivity contribution in [2.24, 2.45) is 5.92 Å². The van der Waals surface area contributed by atoms with Crippen LogP contribution in [0, 0.1) is 5.92 Å². The van der Waals surface area contributed by atoms with Gasteiger partial charge in [-0.05, 0) is 74.7 Å². The zero-order valence-corrected chi connectivity index (χ0v) is 29.2. The summed E-state index contributed by atoms with van der Waals surface area (Å²) in [6, 6.07) is 51.0. The largest absolute Gasteiger partial charge is 0.507 e. The molecule has 0 saturated carbocycles. The fourth-order valence-electron chi connectivity index (χ4n) is 7.95. The van der Waals surface area contributed by atoms with E-state index in [0.29, 0.717) is 29.8 Å². The van der Waals surface area contributed by atoms with Crippen molar-refractivity contribution in [3.05, 3.63) is 168 Å². The van der Waals surface area contributed by atoms with Crippen LogP contribution in [-0.4, -0.2) is 21.7 Å². The zero-order valence-electron chi connectivity index (χ0n) is 29.2. The average molecular weight is 667 g/mol. The van der Waals surface area contributed by atoms with Crippen molar-refractivity contribution < 1.29 is 9.84 Å². The third-order valence-electron chi connectivity index (χ3n) is 10.6. The van der Waals surface area contributed by atoms with Crippen LogP contribution in [-0.2, 0) is 5.41 Å². The maximum atomic E-state index is 10.9. The van der Waals surface area contributed by atoms with Crippen LogP contribution in [0.1, 0.15) is 61.8 Å². The number of nitrogens with zero attached hydrogens (tertiary/aromatic N) is 2. The van der Waals surface area contributed by atoms with Crippen molar-refractivity contribution in [1.29, 1.82) is 0 Å². The van der Waals surface area contributed by atoms with Gasteiger partial charge in [-0.15, -0.1) is 0 Å². The van der Waals surface area contributed by atoms with E-state index < -0.39 is 5.41 Å². The van der Waals surface area contributed by atoms with E-state index in [0.717, 1.165) is 30.5 Å². The van der Waals surface area contributed by atoms with Crippen molar-refractivity contribution in [2.45, 2.75) is 44.9 Å². The molecule has 1 heterocycles. The number of para-hydroxylation sites is 1. The summed E-state index contributed by atoms with van der Waals surface area (Å²) in [6.45, 7) is 5.04. The van der Waals surface area contributed by atoms with E-state index in [4.69, 9.17) is 14.7 Å². The number of fused-ring (bicyclic) bond motifs is 5. The minimum atomic E-state index is -0.562. The molecule has 0 spiro atoms. The third kappa shape index (κ3) is 5.75. The molecule has 4 heteroatoms. The lowest BCUT2D eigenvalue weighted by atomic mass is 9.67. The SMILES string of the molecule is CCCCC(CC)COc1cc(-c2ccc3c(c2)C(c2ccccc2)(c2ccccc2)c2ccc4ccccc4c2-3)nc(-c2ccccc2O)n1. The van der Waals surface area contributed by atoms with Gasteiger partial charge in [-0.3, -0.25) is 0 Å². The van der Waals surface area contributed by atoms with Crippen LogP contribution in [0.2, 0.25) is 0 Å². The van der Waals surface area contributed by atoms with Crippen LogP contribution in [0.3, 0.4) is 0 Å². The first-order chi connectivity index (χ1) is 25.1. The highest BCUT2D eigenvalue weighted by Gasteiger charge is 2.46. The molecule has 1 N–H and O–H groups in total. The Balaban J connectivity index is 1.36. The molecule has 7 aromatic rings. The Kier molecular flexibility index (Phi) is 8.83. The van der Waals surface area contributed by atoms with Gasteiger partial charge in [-0.1, -0.05) is 154 Å². The molecule has 0 aliphatic heterocycles. The molecule has 0 fully saturated rings. The Morgan fingerprint density at radius 1 is 0.667 bits per heavy atom. The van der Waals surface area contributed by atoms with Crippen molar-refractivity contribution in [1.82, 2.24) is 9.97 Å². The molecule has 8 rings (SSSR count). The fraction of sp³-hybridized carbons (Fsp3) is 0.191. The van der Waals surface area contributed by atoms with Crippen molar-refractivity contribution in [2.75, 3.05) is 6.61 Å². The quantitative estimate of drug-likeness (QED) is 0.149. The minimum Gasteiger partial charge on any atom is -0.507 e. The summed E-state index contributed by atoms with van der Waals surface area (Å²) in [4.78, 5) is 9.94. The summed E-state index contributed by atoms with van der Waals surface area (Å²) in [6.07, 6.45) is 4.51. The van der Waals surface area contributed by atoms with Gasteiger partial charge in [-0.25, -0.2) is 4.98 Å². The lowest BCUT2D eigenvalue weighted by Gasteiger charge is -2.34. The molecule has 1 aliphatic rings. The van der Waals surface area contributed by atoms with E-state index in [-0.39, 0.29) is 5.75 Å². The van der Waals surface area contributed by atoms with E-state index in [1.807, 2.05) is 24.3 Å². The smallest absolute Gasteiger partial charge is 0.217 e. The molecule has 4 nitrogen and oxygen atoms in total. The van der Waals surface area contributed by atoms with E-state index in [2.05, 4.69) is 129 Å². The molecule has 1 unspecified atom stereocenters. The number of phenols is 1.